The molecule has 1 saturated heterocycles. The second kappa shape index (κ2) is 6.92. The number of methoxy groups -OCH3 is 2. The summed E-state index contributed by atoms with van der Waals surface area (Å²) in [6.07, 6.45) is -0.366. The van der Waals surface area contributed by atoms with Gasteiger partial charge in [0.2, 0.25) is 0 Å². The zero-order valence-corrected chi connectivity index (χ0v) is 12.3. The fraction of sp³-hybridized carbons (Fsp3) is 0.600. The van der Waals surface area contributed by atoms with Gasteiger partial charge in [-0.2, -0.15) is 0 Å². The molecule has 2 unspecified atom stereocenters. The van der Waals surface area contributed by atoms with Crippen LogP contribution in [0.3, 0.4) is 0 Å². The summed E-state index contributed by atoms with van der Waals surface area (Å²) in [4.78, 5) is 2.21. The van der Waals surface area contributed by atoms with Gasteiger partial charge in [-0.1, -0.05) is 0 Å². The molecular weight excluding hydrogens is 258 g/mol. The maximum absolute atomic E-state index is 10.4. The second-order valence-corrected chi connectivity index (χ2v) is 5.06. The van der Waals surface area contributed by atoms with Crippen LogP contribution >= 0.6 is 0 Å². The molecule has 1 aliphatic heterocycles. The molecule has 0 bridgehead atoms. The minimum absolute atomic E-state index is 0.216. The summed E-state index contributed by atoms with van der Waals surface area (Å²) in [6.45, 7) is 5.03. The first-order valence-electron chi connectivity index (χ1n) is 6.88. The van der Waals surface area contributed by atoms with Gasteiger partial charge in [0.05, 0.1) is 33.0 Å². The summed E-state index contributed by atoms with van der Waals surface area (Å²) in [6, 6.07) is 5.48. The van der Waals surface area contributed by atoms with Crippen molar-refractivity contribution in [1.29, 1.82) is 0 Å². The Bertz CT molecular complexity index is 438. The van der Waals surface area contributed by atoms with Crippen LogP contribution in [0.15, 0.2) is 18.2 Å². The topological polar surface area (TPSA) is 51.2 Å². The lowest BCUT2D eigenvalue weighted by Crippen LogP contribution is -2.42. The normalized spacial score (nSPS) is 21.5. The van der Waals surface area contributed by atoms with Crippen LogP contribution in [0.25, 0.3) is 0 Å². The molecular formula is C15H23NO4. The summed E-state index contributed by atoms with van der Waals surface area (Å²) in [5, 5.41) is 10.4. The molecule has 0 radical (unpaired) electrons. The van der Waals surface area contributed by atoms with E-state index in [1.807, 2.05) is 19.1 Å². The minimum Gasteiger partial charge on any atom is -0.497 e. The lowest BCUT2D eigenvalue weighted by Gasteiger charge is -2.32. The SMILES string of the molecule is COc1ccc(C(O)CN2CCOC(C)C2)c(OC)c1. The summed E-state index contributed by atoms with van der Waals surface area (Å²) >= 11 is 0. The molecule has 1 N–H and O–H groups in total. The molecule has 1 aromatic rings. The highest BCUT2D eigenvalue weighted by Gasteiger charge is 2.22. The van der Waals surface area contributed by atoms with Crippen LogP contribution < -0.4 is 9.47 Å². The first-order valence-corrected chi connectivity index (χ1v) is 6.88. The Morgan fingerprint density at radius 2 is 2.20 bits per heavy atom. The van der Waals surface area contributed by atoms with E-state index in [1.54, 1.807) is 20.3 Å². The van der Waals surface area contributed by atoms with Gasteiger partial charge in [-0.25, -0.2) is 0 Å². The quantitative estimate of drug-likeness (QED) is 0.885. The summed E-state index contributed by atoms with van der Waals surface area (Å²) in [5.41, 5.74) is 0.785. The third-order valence-electron chi connectivity index (χ3n) is 3.56. The average molecular weight is 281 g/mol. The Kier molecular flexibility index (Phi) is 5.23. The predicted octanol–water partition coefficient (Wildman–Crippen LogP) is 1.46. The fourth-order valence-corrected chi connectivity index (χ4v) is 2.49. The maximum atomic E-state index is 10.4. The zero-order valence-electron chi connectivity index (χ0n) is 12.3. The van der Waals surface area contributed by atoms with E-state index in [1.165, 1.54) is 0 Å². The van der Waals surface area contributed by atoms with Gasteiger partial charge in [-0.3, -0.25) is 4.90 Å². The summed E-state index contributed by atoms with van der Waals surface area (Å²) in [7, 11) is 3.21. The van der Waals surface area contributed by atoms with Crippen LogP contribution in [0.2, 0.25) is 0 Å². The molecule has 0 saturated carbocycles. The molecule has 0 spiro atoms. The molecule has 1 aliphatic rings. The van der Waals surface area contributed by atoms with E-state index >= 15 is 0 Å². The largest absolute Gasteiger partial charge is 0.497 e. The van der Waals surface area contributed by atoms with Gasteiger partial charge in [0.25, 0.3) is 0 Å². The molecule has 5 heteroatoms. The van der Waals surface area contributed by atoms with Crippen molar-refractivity contribution >= 4 is 0 Å². The van der Waals surface area contributed by atoms with Crippen LogP contribution in [-0.4, -0.2) is 56.6 Å². The first-order chi connectivity index (χ1) is 9.63. The molecule has 0 aliphatic carbocycles. The number of rotatable bonds is 5. The molecule has 1 aromatic carbocycles. The number of β-amino-alcohol motifs (C(OH)–C–C–N with tert-alkyl or cyclic N) is 1. The lowest BCUT2D eigenvalue weighted by atomic mass is 10.1. The van der Waals surface area contributed by atoms with Crippen molar-refractivity contribution in [2.75, 3.05) is 40.5 Å². The van der Waals surface area contributed by atoms with Crippen molar-refractivity contribution in [3.63, 3.8) is 0 Å². The molecule has 112 valence electrons. The highest BCUT2D eigenvalue weighted by molar-refractivity contribution is 5.42. The van der Waals surface area contributed by atoms with Gasteiger partial charge in [0.15, 0.2) is 0 Å². The number of aliphatic hydroxyl groups is 1. The van der Waals surface area contributed by atoms with Gasteiger partial charge in [-0.05, 0) is 19.1 Å². The first kappa shape index (κ1) is 15.1. The van der Waals surface area contributed by atoms with Gasteiger partial charge in [0, 0.05) is 31.3 Å². The second-order valence-electron chi connectivity index (χ2n) is 5.06. The maximum Gasteiger partial charge on any atom is 0.128 e. The van der Waals surface area contributed by atoms with Crippen LogP contribution in [0.1, 0.15) is 18.6 Å². The number of ether oxygens (including phenoxy) is 3. The Morgan fingerprint density at radius 3 is 2.85 bits per heavy atom. The van der Waals surface area contributed by atoms with E-state index in [4.69, 9.17) is 14.2 Å². The van der Waals surface area contributed by atoms with Gasteiger partial charge in [-0.15, -0.1) is 0 Å². The average Bonchev–Trinajstić information content (AvgIpc) is 2.46. The van der Waals surface area contributed by atoms with E-state index < -0.39 is 6.10 Å². The Labute approximate surface area is 120 Å². The van der Waals surface area contributed by atoms with Crippen LogP contribution in [0, 0.1) is 0 Å². The van der Waals surface area contributed by atoms with Crippen LogP contribution in [0.4, 0.5) is 0 Å². The van der Waals surface area contributed by atoms with Gasteiger partial charge >= 0.3 is 0 Å². The van der Waals surface area contributed by atoms with E-state index in [0.29, 0.717) is 18.9 Å². The number of hydrogen-bond donors (Lipinski definition) is 1. The standard InChI is InChI=1S/C15H23NO4/c1-11-9-16(6-7-20-11)10-14(17)13-5-4-12(18-2)8-15(13)19-3/h4-5,8,11,14,17H,6-7,9-10H2,1-3H3. The van der Waals surface area contributed by atoms with Crippen molar-refractivity contribution in [3.8, 4) is 11.5 Å². The van der Waals surface area contributed by atoms with Crippen molar-refractivity contribution in [2.24, 2.45) is 0 Å². The molecule has 2 atom stereocenters. The molecule has 1 fully saturated rings. The van der Waals surface area contributed by atoms with Gasteiger partial charge in [0.1, 0.15) is 11.5 Å². The molecule has 1 heterocycles. The van der Waals surface area contributed by atoms with Crippen molar-refractivity contribution in [2.45, 2.75) is 19.1 Å². The van der Waals surface area contributed by atoms with Crippen molar-refractivity contribution < 1.29 is 19.3 Å². The van der Waals surface area contributed by atoms with E-state index in [9.17, 15) is 5.11 Å². The van der Waals surface area contributed by atoms with E-state index in [0.717, 1.165) is 24.4 Å². The molecule has 20 heavy (non-hydrogen) atoms. The highest BCUT2D eigenvalue weighted by Crippen LogP contribution is 2.30. The number of benzene rings is 1. The monoisotopic (exact) mass is 281 g/mol. The number of hydrogen-bond acceptors (Lipinski definition) is 5. The minimum atomic E-state index is -0.582. The number of morpholine rings is 1. The molecule has 0 aromatic heterocycles. The summed E-state index contributed by atoms with van der Waals surface area (Å²) < 4.78 is 16.0. The van der Waals surface area contributed by atoms with E-state index in [2.05, 4.69) is 4.90 Å². The smallest absolute Gasteiger partial charge is 0.128 e. The van der Waals surface area contributed by atoms with Gasteiger partial charge < -0.3 is 19.3 Å². The summed E-state index contributed by atoms with van der Waals surface area (Å²) in [5.74, 6) is 1.37. The Balaban J connectivity index is 2.06. The number of nitrogens with zero attached hydrogens (tertiary/aromatic N) is 1. The predicted molar refractivity (Wildman–Crippen MR) is 76.4 cm³/mol. The van der Waals surface area contributed by atoms with Crippen molar-refractivity contribution in [3.05, 3.63) is 23.8 Å². The van der Waals surface area contributed by atoms with Crippen LogP contribution in [-0.2, 0) is 4.74 Å². The number of aliphatic hydroxyl groups excluding tert-OH is 1. The van der Waals surface area contributed by atoms with Crippen LogP contribution in [0.5, 0.6) is 11.5 Å². The molecule has 0 amide bonds. The Hall–Kier alpha value is -1.30. The lowest BCUT2D eigenvalue weighted by molar-refractivity contribution is -0.0320. The zero-order chi connectivity index (χ0) is 14.5. The Morgan fingerprint density at radius 1 is 1.40 bits per heavy atom. The van der Waals surface area contributed by atoms with E-state index in [-0.39, 0.29) is 6.10 Å². The fourth-order valence-electron chi connectivity index (χ4n) is 2.49. The molecule has 2 rings (SSSR count). The third-order valence-corrected chi connectivity index (χ3v) is 3.56. The van der Waals surface area contributed by atoms with Crippen molar-refractivity contribution in [1.82, 2.24) is 4.90 Å². The molecule has 5 nitrogen and oxygen atoms in total. The third kappa shape index (κ3) is 3.62. The highest BCUT2D eigenvalue weighted by atomic mass is 16.5.